The van der Waals surface area contributed by atoms with Gasteiger partial charge in [0.2, 0.25) is 0 Å². The monoisotopic (exact) mass is 421 g/mol. The molecule has 0 aliphatic carbocycles. The van der Waals surface area contributed by atoms with Crippen molar-refractivity contribution < 1.29 is 14.3 Å². The second-order valence-electron chi connectivity index (χ2n) is 6.81. The number of anilines is 1. The van der Waals surface area contributed by atoms with Crippen LogP contribution in [0.1, 0.15) is 32.0 Å². The third-order valence-corrected chi connectivity index (χ3v) is 5.00. The minimum absolute atomic E-state index is 0.00650. The maximum Gasteiger partial charge on any atom is 0.340 e. The van der Waals surface area contributed by atoms with Crippen molar-refractivity contribution in [1.82, 2.24) is 9.97 Å². The molecule has 0 bridgehead atoms. The molecule has 1 N–H and O–H groups in total. The van der Waals surface area contributed by atoms with E-state index in [2.05, 4.69) is 28.7 Å². The molecule has 1 aromatic heterocycles. The summed E-state index contributed by atoms with van der Waals surface area (Å²) in [6.07, 6.45) is 1.59. The second-order valence-corrected chi connectivity index (χ2v) is 6.81. The number of methoxy groups -OCH3 is 1. The van der Waals surface area contributed by atoms with Gasteiger partial charge in [-0.1, -0.05) is 12.1 Å². The van der Waals surface area contributed by atoms with Gasteiger partial charge in [0.05, 0.1) is 30.3 Å². The van der Waals surface area contributed by atoms with Crippen molar-refractivity contribution in [2.45, 2.75) is 20.8 Å². The van der Waals surface area contributed by atoms with Gasteiger partial charge in [0.1, 0.15) is 11.4 Å². The molecule has 3 aromatic rings. The molecule has 0 amide bonds. The number of nitrogens with one attached hydrogen (secondary N) is 1. The van der Waals surface area contributed by atoms with Crippen LogP contribution in [0.3, 0.4) is 0 Å². The van der Waals surface area contributed by atoms with Gasteiger partial charge in [0, 0.05) is 30.4 Å². The second kappa shape index (κ2) is 9.93. The third-order valence-electron chi connectivity index (χ3n) is 5.00. The standard InChI is InChI=1S/C24H27N3O4/c1-5-27(6-2)17-13-12-16(21(15-17)30-4)14-18(24(29)31-7-3)22-23(28)26-20-11-9-8-10-19(20)25-22/h8-15H,5-7H2,1-4H3,(H,26,28)/b18-14-. The first-order valence-corrected chi connectivity index (χ1v) is 10.3. The fourth-order valence-electron chi connectivity index (χ4n) is 3.40. The van der Waals surface area contributed by atoms with Crippen molar-refractivity contribution in [3.05, 3.63) is 64.1 Å². The Morgan fingerprint density at radius 3 is 2.55 bits per heavy atom. The highest BCUT2D eigenvalue weighted by Gasteiger charge is 2.20. The van der Waals surface area contributed by atoms with Gasteiger partial charge in [-0.2, -0.15) is 0 Å². The van der Waals surface area contributed by atoms with Crippen LogP contribution in [-0.2, 0) is 9.53 Å². The fourth-order valence-corrected chi connectivity index (χ4v) is 3.40. The summed E-state index contributed by atoms with van der Waals surface area (Å²) in [7, 11) is 1.57. The van der Waals surface area contributed by atoms with Gasteiger partial charge >= 0.3 is 5.97 Å². The smallest absolute Gasteiger partial charge is 0.340 e. The number of ether oxygens (including phenoxy) is 2. The topological polar surface area (TPSA) is 84.5 Å². The number of benzene rings is 2. The van der Waals surface area contributed by atoms with Crippen LogP contribution in [-0.4, -0.2) is 42.7 Å². The lowest BCUT2D eigenvalue weighted by Crippen LogP contribution is -2.21. The van der Waals surface area contributed by atoms with Crippen molar-refractivity contribution in [3.8, 4) is 5.75 Å². The normalized spacial score (nSPS) is 11.4. The van der Waals surface area contributed by atoms with Crippen molar-refractivity contribution in [2.75, 3.05) is 31.7 Å². The van der Waals surface area contributed by atoms with E-state index < -0.39 is 11.5 Å². The molecule has 1 heterocycles. The molecule has 0 spiro atoms. The summed E-state index contributed by atoms with van der Waals surface area (Å²) in [5.41, 5.74) is 2.46. The lowest BCUT2D eigenvalue weighted by atomic mass is 10.1. The summed E-state index contributed by atoms with van der Waals surface area (Å²) in [6, 6.07) is 12.9. The van der Waals surface area contributed by atoms with Crippen molar-refractivity contribution in [3.63, 3.8) is 0 Å². The SMILES string of the molecule is CCOC(=O)/C(=C\c1ccc(N(CC)CC)cc1OC)c1nc2ccccc2[nH]c1=O. The largest absolute Gasteiger partial charge is 0.496 e. The van der Waals surface area contributed by atoms with Gasteiger partial charge in [0.15, 0.2) is 0 Å². The van der Waals surface area contributed by atoms with Crippen LogP contribution in [0.2, 0.25) is 0 Å². The molecule has 7 nitrogen and oxygen atoms in total. The lowest BCUT2D eigenvalue weighted by Gasteiger charge is -2.22. The van der Waals surface area contributed by atoms with E-state index in [0.29, 0.717) is 22.3 Å². The first-order valence-electron chi connectivity index (χ1n) is 10.3. The van der Waals surface area contributed by atoms with E-state index in [0.717, 1.165) is 18.8 Å². The van der Waals surface area contributed by atoms with E-state index >= 15 is 0 Å². The first kappa shape index (κ1) is 22.1. The Balaban J connectivity index is 2.17. The Bertz CT molecular complexity index is 1160. The molecule has 0 atom stereocenters. The number of aromatic nitrogens is 2. The minimum atomic E-state index is -0.620. The molecule has 0 aliphatic heterocycles. The van der Waals surface area contributed by atoms with Crippen LogP contribution >= 0.6 is 0 Å². The lowest BCUT2D eigenvalue weighted by molar-refractivity contribution is -0.136. The molecule has 0 saturated carbocycles. The zero-order valence-electron chi connectivity index (χ0n) is 18.3. The fraction of sp³-hybridized carbons (Fsp3) is 0.292. The summed E-state index contributed by atoms with van der Waals surface area (Å²) in [5, 5.41) is 0. The molecular formula is C24H27N3O4. The highest BCUT2D eigenvalue weighted by Crippen LogP contribution is 2.29. The number of hydrogen-bond acceptors (Lipinski definition) is 6. The average molecular weight is 421 g/mol. The molecular weight excluding hydrogens is 394 g/mol. The Morgan fingerprint density at radius 1 is 1.13 bits per heavy atom. The van der Waals surface area contributed by atoms with Crippen LogP contribution in [0.4, 0.5) is 5.69 Å². The maximum absolute atomic E-state index is 12.8. The number of aromatic amines is 1. The molecule has 31 heavy (non-hydrogen) atoms. The van der Waals surface area contributed by atoms with E-state index in [9.17, 15) is 9.59 Å². The summed E-state index contributed by atoms with van der Waals surface area (Å²) in [5.74, 6) is -0.0333. The number of para-hydroxylation sites is 2. The van der Waals surface area contributed by atoms with Crippen LogP contribution < -0.4 is 15.2 Å². The van der Waals surface area contributed by atoms with E-state index in [-0.39, 0.29) is 17.9 Å². The predicted octanol–water partition coefficient (Wildman–Crippen LogP) is 3.88. The van der Waals surface area contributed by atoms with Gasteiger partial charge in [-0.05, 0) is 51.1 Å². The molecule has 0 fully saturated rings. The Labute approximate surface area is 181 Å². The van der Waals surface area contributed by atoms with E-state index in [1.165, 1.54) is 0 Å². The van der Waals surface area contributed by atoms with E-state index in [1.54, 1.807) is 32.2 Å². The molecule has 0 unspecified atom stereocenters. The molecule has 162 valence electrons. The van der Waals surface area contributed by atoms with Crippen LogP contribution in [0.15, 0.2) is 47.3 Å². The number of carbonyl (C=O) groups excluding carboxylic acids is 1. The van der Waals surface area contributed by atoms with Gasteiger partial charge in [-0.25, -0.2) is 9.78 Å². The van der Waals surface area contributed by atoms with Crippen LogP contribution in [0.25, 0.3) is 22.7 Å². The Hall–Kier alpha value is -3.61. The zero-order chi connectivity index (χ0) is 22.4. The Morgan fingerprint density at radius 2 is 1.87 bits per heavy atom. The predicted molar refractivity (Wildman–Crippen MR) is 123 cm³/mol. The molecule has 0 saturated heterocycles. The zero-order valence-corrected chi connectivity index (χ0v) is 18.3. The molecule has 3 rings (SSSR count). The summed E-state index contributed by atoms with van der Waals surface area (Å²) in [4.78, 5) is 34.9. The minimum Gasteiger partial charge on any atom is -0.496 e. The number of esters is 1. The molecule has 0 aliphatic rings. The van der Waals surface area contributed by atoms with E-state index in [1.807, 2.05) is 30.3 Å². The molecule has 2 aromatic carbocycles. The van der Waals surface area contributed by atoms with Gasteiger partial charge in [-0.3, -0.25) is 4.79 Å². The van der Waals surface area contributed by atoms with E-state index in [4.69, 9.17) is 9.47 Å². The number of H-pyrrole nitrogens is 1. The number of nitrogens with zero attached hydrogens (tertiary/aromatic N) is 2. The first-order chi connectivity index (χ1) is 15.0. The third kappa shape index (κ3) is 4.77. The average Bonchev–Trinajstić information content (AvgIpc) is 2.78. The number of carbonyl (C=O) groups is 1. The quantitative estimate of drug-likeness (QED) is 0.439. The van der Waals surface area contributed by atoms with Crippen LogP contribution in [0.5, 0.6) is 5.75 Å². The summed E-state index contributed by atoms with van der Waals surface area (Å²) in [6.45, 7) is 7.78. The Kier molecular flexibility index (Phi) is 7.07. The summed E-state index contributed by atoms with van der Waals surface area (Å²) < 4.78 is 10.8. The molecule has 0 radical (unpaired) electrons. The number of hydrogen-bond donors (Lipinski definition) is 1. The van der Waals surface area contributed by atoms with Crippen LogP contribution in [0, 0.1) is 0 Å². The summed E-state index contributed by atoms with van der Waals surface area (Å²) >= 11 is 0. The van der Waals surface area contributed by atoms with Gasteiger partial charge < -0.3 is 19.4 Å². The van der Waals surface area contributed by atoms with Crippen molar-refractivity contribution >= 4 is 34.3 Å². The highest BCUT2D eigenvalue weighted by molar-refractivity contribution is 6.21. The van der Waals surface area contributed by atoms with Crippen molar-refractivity contribution in [2.24, 2.45) is 0 Å². The van der Waals surface area contributed by atoms with Gasteiger partial charge in [-0.15, -0.1) is 0 Å². The van der Waals surface area contributed by atoms with Crippen molar-refractivity contribution in [1.29, 1.82) is 0 Å². The van der Waals surface area contributed by atoms with Gasteiger partial charge in [0.25, 0.3) is 5.56 Å². The highest BCUT2D eigenvalue weighted by atomic mass is 16.5. The maximum atomic E-state index is 12.8. The number of fused-ring (bicyclic) bond motifs is 1. The number of rotatable bonds is 8. The molecule has 7 heteroatoms.